The zero-order valence-electron chi connectivity index (χ0n) is 16.7. The number of fused-ring (bicyclic) bond motifs is 2. The SMILES string of the molecule is CCOc1nc(N)nc2c1ncn2[C@H]1O[C@]2(F)CO[P@](=O)(OC(C)C)O[C@H]2[C@@]1(C)F. The number of nitrogens with zero attached hydrogens (tertiary/aromatic N) is 4. The van der Waals surface area contributed by atoms with Crippen LogP contribution in [0.4, 0.5) is 14.7 Å². The van der Waals surface area contributed by atoms with Gasteiger partial charge in [0.05, 0.1) is 19.0 Å². The molecule has 0 amide bonds. The zero-order valence-corrected chi connectivity index (χ0v) is 17.6. The molecule has 11 nitrogen and oxygen atoms in total. The first kappa shape index (κ1) is 21.3. The third-order valence-electron chi connectivity index (χ3n) is 4.63. The summed E-state index contributed by atoms with van der Waals surface area (Å²) in [5.41, 5.74) is 3.49. The number of rotatable bonds is 5. The van der Waals surface area contributed by atoms with Crippen LogP contribution in [0.2, 0.25) is 0 Å². The fourth-order valence-corrected chi connectivity index (χ4v) is 5.13. The molecule has 0 unspecified atom stereocenters. The summed E-state index contributed by atoms with van der Waals surface area (Å²) in [5, 5.41) is 0. The molecule has 2 aliphatic heterocycles. The normalized spacial score (nSPS) is 36.4. The Hall–Kier alpha value is -1.92. The van der Waals surface area contributed by atoms with Gasteiger partial charge >= 0.3 is 7.82 Å². The molecule has 2 aliphatic rings. The lowest BCUT2D eigenvalue weighted by Gasteiger charge is -2.36. The minimum atomic E-state index is -4.19. The minimum Gasteiger partial charge on any atom is -0.476 e. The molecule has 5 atom stereocenters. The highest BCUT2D eigenvalue weighted by Gasteiger charge is 2.70. The van der Waals surface area contributed by atoms with Gasteiger partial charge in [-0.3, -0.25) is 18.1 Å². The highest BCUT2D eigenvalue weighted by Crippen LogP contribution is 2.63. The van der Waals surface area contributed by atoms with E-state index in [2.05, 4.69) is 15.0 Å². The second-order valence-corrected chi connectivity index (χ2v) is 8.99. The molecule has 30 heavy (non-hydrogen) atoms. The summed E-state index contributed by atoms with van der Waals surface area (Å²) < 4.78 is 71.2. The van der Waals surface area contributed by atoms with Crippen molar-refractivity contribution in [2.45, 2.75) is 57.7 Å². The first-order valence-corrected chi connectivity index (χ1v) is 10.7. The summed E-state index contributed by atoms with van der Waals surface area (Å²) in [6, 6.07) is 0. The van der Waals surface area contributed by atoms with E-state index in [1.807, 2.05) is 0 Å². The van der Waals surface area contributed by atoms with Gasteiger partial charge < -0.3 is 15.2 Å². The number of nitrogen functional groups attached to an aromatic ring is 1. The Morgan fingerprint density at radius 3 is 2.83 bits per heavy atom. The van der Waals surface area contributed by atoms with E-state index in [1.54, 1.807) is 20.8 Å². The van der Waals surface area contributed by atoms with Gasteiger partial charge in [0.15, 0.2) is 29.2 Å². The van der Waals surface area contributed by atoms with Crippen molar-refractivity contribution in [3.05, 3.63) is 6.33 Å². The largest absolute Gasteiger partial charge is 0.476 e. The number of hydrogen-bond acceptors (Lipinski definition) is 10. The van der Waals surface area contributed by atoms with Crippen molar-refractivity contribution in [3.8, 4) is 5.88 Å². The topological polar surface area (TPSA) is 133 Å². The average molecular weight is 449 g/mol. The van der Waals surface area contributed by atoms with E-state index in [-0.39, 0.29) is 29.6 Å². The van der Waals surface area contributed by atoms with E-state index in [4.69, 9.17) is 28.8 Å². The maximum Gasteiger partial charge on any atom is 0.475 e. The van der Waals surface area contributed by atoms with E-state index in [0.717, 1.165) is 11.5 Å². The number of aromatic nitrogens is 4. The Balaban J connectivity index is 1.74. The lowest BCUT2D eigenvalue weighted by molar-refractivity contribution is -0.220. The number of phosphoric ester groups is 1. The molecule has 2 saturated heterocycles. The maximum absolute atomic E-state index is 15.9. The Morgan fingerprint density at radius 2 is 2.17 bits per heavy atom. The Morgan fingerprint density at radius 1 is 1.43 bits per heavy atom. The number of anilines is 1. The first-order valence-electron chi connectivity index (χ1n) is 9.29. The lowest BCUT2D eigenvalue weighted by atomic mass is 9.97. The zero-order chi connectivity index (χ0) is 21.9. The van der Waals surface area contributed by atoms with Gasteiger partial charge in [-0.2, -0.15) is 9.97 Å². The Kier molecular flexibility index (Phi) is 5.02. The Labute approximate surface area is 170 Å². The van der Waals surface area contributed by atoms with Gasteiger partial charge in [-0.05, 0) is 27.7 Å². The molecule has 0 saturated carbocycles. The monoisotopic (exact) mass is 449 g/mol. The molecule has 2 N–H and O–H groups in total. The summed E-state index contributed by atoms with van der Waals surface area (Å²) >= 11 is 0. The van der Waals surface area contributed by atoms with Gasteiger partial charge in [-0.1, -0.05) is 0 Å². The van der Waals surface area contributed by atoms with Crippen LogP contribution in [0.1, 0.15) is 33.9 Å². The number of halogens is 2. The number of ether oxygens (including phenoxy) is 2. The quantitative estimate of drug-likeness (QED) is 0.679. The van der Waals surface area contributed by atoms with Crippen molar-refractivity contribution < 1.29 is 36.4 Å². The molecule has 4 heterocycles. The molecule has 2 aromatic rings. The van der Waals surface area contributed by atoms with Crippen molar-refractivity contribution >= 4 is 24.9 Å². The predicted molar refractivity (Wildman–Crippen MR) is 99.0 cm³/mol. The highest BCUT2D eigenvalue weighted by atomic mass is 31.2. The molecule has 0 radical (unpaired) electrons. The van der Waals surface area contributed by atoms with Crippen LogP contribution in [0, 0.1) is 0 Å². The van der Waals surface area contributed by atoms with Gasteiger partial charge in [-0.25, -0.2) is 18.3 Å². The van der Waals surface area contributed by atoms with E-state index in [9.17, 15) is 4.57 Å². The van der Waals surface area contributed by atoms with Gasteiger partial charge in [0, 0.05) is 0 Å². The van der Waals surface area contributed by atoms with Crippen LogP contribution < -0.4 is 10.5 Å². The second-order valence-electron chi connectivity index (χ2n) is 7.41. The molecular weight excluding hydrogens is 427 g/mol. The summed E-state index contributed by atoms with van der Waals surface area (Å²) in [4.78, 5) is 12.2. The fraction of sp³-hybridized carbons (Fsp3) is 0.688. The van der Waals surface area contributed by atoms with E-state index in [0.29, 0.717) is 0 Å². The number of hydrogen-bond donors (Lipinski definition) is 1. The molecule has 4 rings (SSSR count). The van der Waals surface area contributed by atoms with E-state index in [1.165, 1.54) is 6.33 Å². The van der Waals surface area contributed by atoms with Gasteiger partial charge in [-0.15, -0.1) is 0 Å². The fourth-order valence-electron chi connectivity index (χ4n) is 3.49. The van der Waals surface area contributed by atoms with Crippen molar-refractivity contribution in [1.29, 1.82) is 0 Å². The van der Waals surface area contributed by atoms with E-state index >= 15 is 8.78 Å². The van der Waals surface area contributed by atoms with Crippen LogP contribution in [-0.4, -0.2) is 56.5 Å². The third-order valence-corrected chi connectivity index (χ3v) is 6.22. The van der Waals surface area contributed by atoms with Gasteiger partial charge in [0.1, 0.15) is 6.61 Å². The van der Waals surface area contributed by atoms with Gasteiger partial charge in [0.25, 0.3) is 5.85 Å². The van der Waals surface area contributed by atoms with Crippen molar-refractivity contribution in [3.63, 3.8) is 0 Å². The van der Waals surface area contributed by atoms with Crippen LogP contribution in [0.25, 0.3) is 11.2 Å². The number of alkyl halides is 2. The summed E-state index contributed by atoms with van der Waals surface area (Å²) in [5.74, 6) is -2.77. The number of phosphoric acid groups is 1. The summed E-state index contributed by atoms with van der Waals surface area (Å²) in [7, 11) is -4.19. The molecule has 0 spiro atoms. The first-order chi connectivity index (χ1) is 14.0. The predicted octanol–water partition coefficient (Wildman–Crippen LogP) is 2.68. The van der Waals surface area contributed by atoms with Crippen molar-refractivity contribution in [2.75, 3.05) is 18.9 Å². The van der Waals surface area contributed by atoms with Crippen LogP contribution >= 0.6 is 7.82 Å². The highest BCUT2D eigenvalue weighted by molar-refractivity contribution is 7.48. The molecule has 0 bridgehead atoms. The average Bonchev–Trinajstić information content (AvgIpc) is 3.13. The maximum atomic E-state index is 15.9. The minimum absolute atomic E-state index is 0.0737. The van der Waals surface area contributed by atoms with Crippen LogP contribution in [0.3, 0.4) is 0 Å². The Bertz CT molecular complexity index is 1020. The van der Waals surface area contributed by atoms with Gasteiger partial charge in [0.2, 0.25) is 11.8 Å². The summed E-state index contributed by atoms with van der Waals surface area (Å²) in [6.45, 7) is 5.42. The molecule has 14 heteroatoms. The molecule has 166 valence electrons. The van der Waals surface area contributed by atoms with Crippen LogP contribution in [0.5, 0.6) is 5.88 Å². The van der Waals surface area contributed by atoms with Crippen LogP contribution in [-0.2, 0) is 22.9 Å². The second kappa shape index (κ2) is 7.06. The third kappa shape index (κ3) is 3.34. The summed E-state index contributed by atoms with van der Waals surface area (Å²) in [6.07, 6.45) is -2.83. The van der Waals surface area contributed by atoms with Crippen molar-refractivity contribution in [2.24, 2.45) is 0 Å². The van der Waals surface area contributed by atoms with Crippen molar-refractivity contribution in [1.82, 2.24) is 19.5 Å². The van der Waals surface area contributed by atoms with E-state index < -0.39 is 44.4 Å². The molecule has 2 aromatic heterocycles. The molecule has 2 fully saturated rings. The number of imidazole rings is 1. The number of nitrogens with two attached hydrogens (primary N) is 1. The molecular formula is C16H22F2N5O6P. The van der Waals surface area contributed by atoms with Crippen LogP contribution in [0.15, 0.2) is 6.33 Å². The molecule has 0 aliphatic carbocycles. The standard InChI is InChI=1S/C16H22F2N5O6P/c1-5-25-11-9-10(21-14(19)22-11)23(7-20-9)13-15(4,17)12-16(18,27-13)6-26-30(24,29-12)28-8(2)3/h7-8,12-13H,5-6H2,1-4H3,(H2,19,21,22)/t12-,13-,15+,16+,30+/m0/s1. The smallest absolute Gasteiger partial charge is 0.475 e. The lowest BCUT2D eigenvalue weighted by Crippen LogP contribution is -2.51. The molecule has 0 aromatic carbocycles.